The first kappa shape index (κ1) is 12.8. The molecule has 0 saturated heterocycles. The fraction of sp³-hybridized carbons (Fsp3) is 0.100. The maximum Gasteiger partial charge on any atom is 0.311 e. The first-order valence-electron chi connectivity index (χ1n) is 4.77. The maximum atomic E-state index is 11.9. The number of rotatable bonds is 4. The molecule has 0 aliphatic heterocycles. The number of amides is 1. The zero-order chi connectivity index (χ0) is 13.1. The lowest BCUT2D eigenvalue weighted by atomic mass is 10.2. The Bertz CT molecular complexity index is 592. The van der Waals surface area contributed by atoms with E-state index in [1.807, 2.05) is 0 Å². The molecule has 2 rings (SSSR count). The zero-order valence-electron chi connectivity index (χ0n) is 8.84. The van der Waals surface area contributed by atoms with E-state index in [1.54, 1.807) is 6.20 Å². The minimum absolute atomic E-state index is 0.121. The number of aliphatic carboxylic acids is 1. The van der Waals surface area contributed by atoms with Gasteiger partial charge in [0, 0.05) is 0 Å². The molecule has 0 fully saturated rings. The molecule has 0 aliphatic rings. The predicted molar refractivity (Wildman–Crippen MR) is 67.8 cm³/mol. The van der Waals surface area contributed by atoms with Crippen molar-refractivity contribution < 1.29 is 19.1 Å². The lowest BCUT2D eigenvalue weighted by Crippen LogP contribution is -2.14. The van der Waals surface area contributed by atoms with E-state index in [9.17, 15) is 9.59 Å². The summed E-state index contributed by atoms with van der Waals surface area (Å²) in [5, 5.41) is 11.7. The van der Waals surface area contributed by atoms with E-state index in [4.69, 9.17) is 9.52 Å². The van der Waals surface area contributed by atoms with Gasteiger partial charge in [0.15, 0.2) is 5.13 Å². The SMILES string of the molecule is O=C(O)Cc1occc1C(=O)Nc1ncc(Br)s1. The van der Waals surface area contributed by atoms with Crippen LogP contribution in [0.25, 0.3) is 0 Å². The molecule has 0 radical (unpaired) electrons. The number of carbonyl (C=O) groups excluding carboxylic acids is 1. The van der Waals surface area contributed by atoms with Crippen molar-refractivity contribution in [3.8, 4) is 0 Å². The van der Waals surface area contributed by atoms with Crippen LogP contribution in [-0.4, -0.2) is 22.0 Å². The van der Waals surface area contributed by atoms with Gasteiger partial charge < -0.3 is 9.52 Å². The maximum absolute atomic E-state index is 11.9. The van der Waals surface area contributed by atoms with Crippen LogP contribution in [0.4, 0.5) is 5.13 Å². The smallest absolute Gasteiger partial charge is 0.311 e. The van der Waals surface area contributed by atoms with E-state index in [1.165, 1.54) is 23.7 Å². The van der Waals surface area contributed by atoms with Crippen molar-refractivity contribution in [2.75, 3.05) is 5.32 Å². The standard InChI is InChI=1S/C10H7BrN2O4S/c11-7-4-12-10(18-7)13-9(16)5-1-2-17-6(5)3-8(14)15/h1-2,4H,3H2,(H,14,15)(H,12,13,16). The van der Waals surface area contributed by atoms with Crippen LogP contribution >= 0.6 is 27.3 Å². The topological polar surface area (TPSA) is 92.4 Å². The number of furan rings is 1. The van der Waals surface area contributed by atoms with Gasteiger partial charge in [-0.1, -0.05) is 11.3 Å². The summed E-state index contributed by atoms with van der Waals surface area (Å²) in [5.74, 6) is -1.38. The van der Waals surface area contributed by atoms with E-state index < -0.39 is 11.9 Å². The highest BCUT2D eigenvalue weighted by Gasteiger charge is 2.17. The number of hydrogen-bond acceptors (Lipinski definition) is 5. The van der Waals surface area contributed by atoms with Crippen LogP contribution in [0.15, 0.2) is 26.7 Å². The van der Waals surface area contributed by atoms with Crippen LogP contribution in [0.5, 0.6) is 0 Å². The summed E-state index contributed by atoms with van der Waals surface area (Å²) in [4.78, 5) is 26.4. The normalized spacial score (nSPS) is 10.3. The second kappa shape index (κ2) is 5.32. The lowest BCUT2D eigenvalue weighted by molar-refractivity contribution is -0.136. The van der Waals surface area contributed by atoms with E-state index in [0.717, 1.165) is 3.79 Å². The Hall–Kier alpha value is -1.67. The Morgan fingerprint density at radius 1 is 1.56 bits per heavy atom. The van der Waals surface area contributed by atoms with Crippen molar-refractivity contribution in [1.29, 1.82) is 0 Å². The summed E-state index contributed by atoms with van der Waals surface area (Å²) in [5.41, 5.74) is 0.198. The molecule has 2 aromatic heterocycles. The summed E-state index contributed by atoms with van der Waals surface area (Å²) >= 11 is 4.49. The molecule has 0 saturated carbocycles. The molecule has 0 aromatic carbocycles. The number of anilines is 1. The third-order valence-electron chi connectivity index (χ3n) is 2.00. The van der Waals surface area contributed by atoms with E-state index in [-0.39, 0.29) is 17.7 Å². The monoisotopic (exact) mass is 330 g/mol. The summed E-state index contributed by atoms with van der Waals surface area (Å²) in [7, 11) is 0. The Balaban J connectivity index is 2.14. The molecule has 0 unspecified atom stereocenters. The van der Waals surface area contributed by atoms with Crippen LogP contribution in [0.1, 0.15) is 16.1 Å². The molecule has 8 heteroatoms. The Labute approximate surface area is 114 Å². The zero-order valence-corrected chi connectivity index (χ0v) is 11.2. The number of thiazole rings is 1. The number of aromatic nitrogens is 1. The average molecular weight is 331 g/mol. The minimum Gasteiger partial charge on any atom is -0.481 e. The van der Waals surface area contributed by atoms with Gasteiger partial charge in [-0.3, -0.25) is 14.9 Å². The second-order valence-corrected chi connectivity index (χ2v) is 5.66. The number of hydrogen-bond donors (Lipinski definition) is 2. The first-order valence-corrected chi connectivity index (χ1v) is 6.38. The van der Waals surface area contributed by atoms with Crippen molar-refractivity contribution in [2.45, 2.75) is 6.42 Å². The van der Waals surface area contributed by atoms with Crippen molar-refractivity contribution >= 4 is 44.3 Å². The van der Waals surface area contributed by atoms with Gasteiger partial charge in [-0.15, -0.1) is 0 Å². The highest BCUT2D eigenvalue weighted by molar-refractivity contribution is 9.11. The molecule has 0 atom stereocenters. The molecular formula is C10H7BrN2O4S. The summed E-state index contributed by atoms with van der Waals surface area (Å²) < 4.78 is 5.76. The van der Waals surface area contributed by atoms with Gasteiger partial charge in [-0.05, 0) is 22.0 Å². The summed E-state index contributed by atoms with van der Waals surface area (Å²) in [6.45, 7) is 0. The van der Waals surface area contributed by atoms with Gasteiger partial charge in [0.05, 0.1) is 21.8 Å². The quantitative estimate of drug-likeness (QED) is 0.897. The predicted octanol–water partition coefficient (Wildman–Crippen LogP) is 2.38. The number of carboxylic acids is 1. The summed E-state index contributed by atoms with van der Waals surface area (Å²) in [6.07, 6.45) is 2.51. The number of nitrogens with one attached hydrogen (secondary N) is 1. The molecule has 0 bridgehead atoms. The number of nitrogens with zero attached hydrogens (tertiary/aromatic N) is 1. The van der Waals surface area contributed by atoms with Gasteiger partial charge in [-0.25, -0.2) is 4.98 Å². The van der Waals surface area contributed by atoms with Crippen molar-refractivity contribution in [3.05, 3.63) is 33.6 Å². The fourth-order valence-electron chi connectivity index (χ4n) is 1.29. The molecule has 2 N–H and O–H groups in total. The average Bonchev–Trinajstić information content (AvgIpc) is 2.87. The molecule has 0 aliphatic carbocycles. The fourth-order valence-corrected chi connectivity index (χ4v) is 2.40. The number of carboxylic acid groups (broad SMARTS) is 1. The second-order valence-electron chi connectivity index (χ2n) is 3.25. The molecule has 18 heavy (non-hydrogen) atoms. The van der Waals surface area contributed by atoms with E-state index in [2.05, 4.69) is 26.2 Å². The van der Waals surface area contributed by atoms with Gasteiger partial charge in [0.1, 0.15) is 12.2 Å². The van der Waals surface area contributed by atoms with Crippen molar-refractivity contribution in [1.82, 2.24) is 4.98 Å². The molecule has 94 valence electrons. The van der Waals surface area contributed by atoms with Crippen LogP contribution in [0, 0.1) is 0 Å². The lowest BCUT2D eigenvalue weighted by Gasteiger charge is -2.00. The molecule has 2 heterocycles. The molecular weight excluding hydrogens is 324 g/mol. The van der Waals surface area contributed by atoms with Crippen molar-refractivity contribution in [3.63, 3.8) is 0 Å². The van der Waals surface area contributed by atoms with E-state index in [0.29, 0.717) is 5.13 Å². The third-order valence-corrected chi connectivity index (χ3v) is 3.39. The molecule has 1 amide bonds. The van der Waals surface area contributed by atoms with E-state index >= 15 is 0 Å². The van der Waals surface area contributed by atoms with Gasteiger partial charge in [-0.2, -0.15) is 0 Å². The molecule has 6 nitrogen and oxygen atoms in total. The molecule has 0 spiro atoms. The van der Waals surface area contributed by atoms with Crippen LogP contribution < -0.4 is 5.32 Å². The number of halogens is 1. The van der Waals surface area contributed by atoms with Crippen LogP contribution in [0.3, 0.4) is 0 Å². The van der Waals surface area contributed by atoms with Crippen LogP contribution in [0.2, 0.25) is 0 Å². The highest BCUT2D eigenvalue weighted by atomic mass is 79.9. The number of carbonyl (C=O) groups is 2. The molecule has 2 aromatic rings. The van der Waals surface area contributed by atoms with Gasteiger partial charge in [0.2, 0.25) is 0 Å². The largest absolute Gasteiger partial charge is 0.481 e. The summed E-state index contributed by atoms with van der Waals surface area (Å²) in [6, 6.07) is 1.43. The highest BCUT2D eigenvalue weighted by Crippen LogP contribution is 2.24. The minimum atomic E-state index is -1.06. The van der Waals surface area contributed by atoms with Crippen molar-refractivity contribution in [2.24, 2.45) is 0 Å². The van der Waals surface area contributed by atoms with Crippen LogP contribution in [-0.2, 0) is 11.2 Å². The van der Waals surface area contributed by atoms with Gasteiger partial charge in [0.25, 0.3) is 5.91 Å². The Morgan fingerprint density at radius 2 is 2.33 bits per heavy atom. The van der Waals surface area contributed by atoms with Gasteiger partial charge >= 0.3 is 5.97 Å². The Kier molecular flexibility index (Phi) is 3.78. The third kappa shape index (κ3) is 2.96. The Morgan fingerprint density at radius 3 is 2.94 bits per heavy atom. The first-order chi connectivity index (χ1) is 8.56.